The summed E-state index contributed by atoms with van der Waals surface area (Å²) in [5.74, 6) is 3.62. The second-order valence-corrected chi connectivity index (χ2v) is 7.71. The van der Waals surface area contributed by atoms with Crippen LogP contribution in [0.5, 0.6) is 0 Å². The first-order valence-electron chi connectivity index (χ1n) is 9.07. The van der Waals surface area contributed by atoms with Crippen molar-refractivity contribution in [2.24, 2.45) is 18.9 Å². The second kappa shape index (κ2) is 5.31. The van der Waals surface area contributed by atoms with Gasteiger partial charge >= 0.3 is 5.69 Å². The number of H-pyrrole nitrogens is 2. The van der Waals surface area contributed by atoms with Crippen molar-refractivity contribution >= 4 is 5.91 Å². The molecule has 0 radical (unpaired) electrons. The van der Waals surface area contributed by atoms with E-state index in [1.54, 1.807) is 7.05 Å². The van der Waals surface area contributed by atoms with Crippen molar-refractivity contribution in [3.05, 3.63) is 34.0 Å². The summed E-state index contributed by atoms with van der Waals surface area (Å²) >= 11 is 0. The van der Waals surface area contributed by atoms with Gasteiger partial charge in [-0.25, -0.2) is 9.78 Å². The number of nitrogens with one attached hydrogen (secondary N) is 2. The standard InChI is InChI=1S/C17H22N6O2/c1-22-13(6-18-17(22)25)16(24)23-7-11(9-2-3-9)12(8-23)15-19-14(20-21-15)10-4-5-10/h6,9-12H,2-5,7-8H2,1H3,(H,18,25)(H,19,20,21)/t11-,12+/m1/s1. The van der Waals surface area contributed by atoms with Crippen LogP contribution in [0.1, 0.15) is 59.7 Å². The smallest absolute Gasteiger partial charge is 0.325 e. The molecule has 2 atom stereocenters. The van der Waals surface area contributed by atoms with E-state index in [0.717, 1.165) is 18.2 Å². The quantitative estimate of drug-likeness (QED) is 0.865. The molecule has 2 aromatic rings. The van der Waals surface area contributed by atoms with Gasteiger partial charge in [-0.3, -0.25) is 14.5 Å². The van der Waals surface area contributed by atoms with Crippen LogP contribution in [0.2, 0.25) is 0 Å². The summed E-state index contributed by atoms with van der Waals surface area (Å²) in [6.45, 7) is 1.37. The highest BCUT2D eigenvalue weighted by Crippen LogP contribution is 2.47. The molecule has 0 bridgehead atoms. The molecule has 2 aliphatic carbocycles. The topological polar surface area (TPSA) is 99.7 Å². The lowest BCUT2D eigenvalue weighted by Crippen LogP contribution is -2.31. The molecule has 25 heavy (non-hydrogen) atoms. The maximum atomic E-state index is 12.9. The van der Waals surface area contributed by atoms with Crippen LogP contribution in [0.3, 0.4) is 0 Å². The van der Waals surface area contributed by atoms with Gasteiger partial charge in [0, 0.05) is 38.2 Å². The maximum Gasteiger partial charge on any atom is 0.325 e. The molecule has 3 heterocycles. The van der Waals surface area contributed by atoms with Crippen LogP contribution in [-0.2, 0) is 7.05 Å². The van der Waals surface area contributed by atoms with Crippen LogP contribution < -0.4 is 5.69 Å². The van der Waals surface area contributed by atoms with E-state index >= 15 is 0 Å². The van der Waals surface area contributed by atoms with Crippen LogP contribution in [0.15, 0.2) is 11.0 Å². The highest BCUT2D eigenvalue weighted by atomic mass is 16.2. The summed E-state index contributed by atoms with van der Waals surface area (Å²) < 4.78 is 1.38. The monoisotopic (exact) mass is 342 g/mol. The Hall–Kier alpha value is -2.38. The largest absolute Gasteiger partial charge is 0.336 e. The number of carbonyl (C=O) groups is 1. The Kier molecular flexibility index (Phi) is 3.17. The zero-order chi connectivity index (χ0) is 17.1. The highest BCUT2D eigenvalue weighted by Gasteiger charge is 2.46. The number of imidazole rings is 1. The Morgan fingerprint density at radius 2 is 2.04 bits per heavy atom. The summed E-state index contributed by atoms with van der Waals surface area (Å²) in [5, 5.41) is 7.53. The molecule has 8 heteroatoms. The van der Waals surface area contributed by atoms with Gasteiger partial charge in [-0.05, 0) is 37.5 Å². The molecule has 1 aliphatic heterocycles. The van der Waals surface area contributed by atoms with E-state index in [2.05, 4.69) is 15.2 Å². The van der Waals surface area contributed by atoms with Crippen LogP contribution in [0.4, 0.5) is 0 Å². The lowest BCUT2D eigenvalue weighted by Gasteiger charge is -2.16. The zero-order valence-corrected chi connectivity index (χ0v) is 14.2. The summed E-state index contributed by atoms with van der Waals surface area (Å²) in [6.07, 6.45) is 6.33. The van der Waals surface area contributed by atoms with Crippen molar-refractivity contribution in [3.8, 4) is 0 Å². The van der Waals surface area contributed by atoms with E-state index < -0.39 is 0 Å². The van der Waals surface area contributed by atoms with Gasteiger partial charge in [-0.1, -0.05) is 0 Å². The molecule has 8 nitrogen and oxygen atoms in total. The molecular formula is C17H22N6O2. The number of hydrogen-bond donors (Lipinski definition) is 2. The Labute approximate surface area is 144 Å². The third-order valence-corrected chi connectivity index (χ3v) is 5.91. The first kappa shape index (κ1) is 14.9. The average Bonchev–Trinajstić information content (AvgIpc) is 3.52. The van der Waals surface area contributed by atoms with Crippen LogP contribution >= 0.6 is 0 Å². The molecule has 2 N–H and O–H groups in total. The van der Waals surface area contributed by atoms with Gasteiger partial charge in [0.05, 0.1) is 0 Å². The van der Waals surface area contributed by atoms with Crippen molar-refractivity contribution in [1.29, 1.82) is 0 Å². The molecule has 0 aromatic carbocycles. The van der Waals surface area contributed by atoms with E-state index in [-0.39, 0.29) is 17.5 Å². The van der Waals surface area contributed by atoms with Gasteiger partial charge in [0.25, 0.3) is 5.91 Å². The predicted octanol–water partition coefficient (Wildman–Crippen LogP) is 0.975. The average molecular weight is 342 g/mol. The minimum atomic E-state index is -0.262. The molecule has 1 saturated heterocycles. The van der Waals surface area contributed by atoms with Crippen molar-refractivity contribution in [2.75, 3.05) is 13.1 Å². The molecule has 1 amide bonds. The molecule has 0 spiro atoms. The van der Waals surface area contributed by atoms with Crippen molar-refractivity contribution < 1.29 is 4.79 Å². The van der Waals surface area contributed by atoms with Crippen molar-refractivity contribution in [3.63, 3.8) is 0 Å². The summed E-state index contributed by atoms with van der Waals surface area (Å²) in [4.78, 5) is 33.7. The summed E-state index contributed by atoms with van der Waals surface area (Å²) in [7, 11) is 1.62. The van der Waals surface area contributed by atoms with E-state index in [1.165, 1.54) is 36.4 Å². The van der Waals surface area contributed by atoms with Crippen molar-refractivity contribution in [2.45, 2.75) is 37.5 Å². The predicted molar refractivity (Wildman–Crippen MR) is 89.2 cm³/mol. The molecular weight excluding hydrogens is 320 g/mol. The number of likely N-dealkylation sites (tertiary alicyclic amines) is 1. The van der Waals surface area contributed by atoms with Gasteiger partial charge < -0.3 is 9.88 Å². The van der Waals surface area contributed by atoms with Crippen molar-refractivity contribution in [1.82, 2.24) is 29.6 Å². The Bertz CT molecular complexity index is 872. The number of rotatable bonds is 4. The van der Waals surface area contributed by atoms with Crippen LogP contribution in [-0.4, -0.2) is 48.6 Å². The minimum absolute atomic E-state index is 0.0871. The lowest BCUT2D eigenvalue weighted by molar-refractivity contribution is 0.0775. The molecule has 132 valence electrons. The van der Waals surface area contributed by atoms with Crippen LogP contribution in [0, 0.1) is 11.8 Å². The molecule has 5 rings (SSSR count). The van der Waals surface area contributed by atoms with Crippen LogP contribution in [0.25, 0.3) is 0 Å². The zero-order valence-electron chi connectivity index (χ0n) is 14.2. The number of carbonyl (C=O) groups excluding carboxylic acids is 1. The van der Waals surface area contributed by atoms with Gasteiger partial charge in [-0.2, -0.15) is 5.10 Å². The number of aromatic amines is 2. The van der Waals surface area contributed by atoms with E-state index in [4.69, 9.17) is 4.98 Å². The normalized spacial score (nSPS) is 26.4. The Balaban J connectivity index is 1.40. The third-order valence-electron chi connectivity index (χ3n) is 5.91. The Morgan fingerprint density at radius 1 is 1.24 bits per heavy atom. The fraction of sp³-hybridized carbons (Fsp3) is 0.647. The summed E-state index contributed by atoms with van der Waals surface area (Å²) in [5.41, 5.74) is 0.151. The first-order valence-corrected chi connectivity index (χ1v) is 9.07. The number of hydrogen-bond acceptors (Lipinski definition) is 4. The fourth-order valence-corrected chi connectivity index (χ4v) is 4.06. The van der Waals surface area contributed by atoms with Gasteiger partial charge in [0.15, 0.2) is 5.82 Å². The third kappa shape index (κ3) is 2.51. The number of aromatic nitrogens is 5. The Morgan fingerprint density at radius 3 is 2.68 bits per heavy atom. The maximum absolute atomic E-state index is 12.9. The molecule has 2 saturated carbocycles. The summed E-state index contributed by atoms with van der Waals surface area (Å²) in [6, 6.07) is 0. The van der Waals surface area contributed by atoms with E-state index in [9.17, 15) is 9.59 Å². The van der Waals surface area contributed by atoms with E-state index in [0.29, 0.717) is 30.0 Å². The molecule has 3 aliphatic rings. The number of amides is 1. The van der Waals surface area contributed by atoms with Gasteiger partial charge in [0.1, 0.15) is 11.5 Å². The SMILES string of the molecule is Cn1c(C(=O)N2C[C@H](c3nc(C4CC4)n[nH]3)[C@@H](C3CC3)C2)c[nH]c1=O. The van der Waals surface area contributed by atoms with E-state index in [1.807, 2.05) is 4.90 Å². The minimum Gasteiger partial charge on any atom is -0.336 e. The lowest BCUT2D eigenvalue weighted by atomic mass is 9.91. The molecule has 0 unspecified atom stereocenters. The molecule has 2 aromatic heterocycles. The number of nitrogens with zero attached hydrogens (tertiary/aromatic N) is 4. The highest BCUT2D eigenvalue weighted by molar-refractivity contribution is 5.92. The van der Waals surface area contributed by atoms with Gasteiger partial charge in [-0.15, -0.1) is 0 Å². The van der Waals surface area contributed by atoms with Gasteiger partial charge in [0.2, 0.25) is 0 Å². The fourth-order valence-electron chi connectivity index (χ4n) is 4.06. The first-order chi connectivity index (χ1) is 12.1. The molecule has 3 fully saturated rings. The second-order valence-electron chi connectivity index (χ2n) is 7.71.